The molecule has 76 valence electrons. The fraction of sp³-hybridized carbons (Fsp3) is 0.875. The van der Waals surface area contributed by atoms with Gasteiger partial charge in [-0.2, -0.15) is 0 Å². The van der Waals surface area contributed by atoms with E-state index in [4.69, 9.17) is 5.11 Å². The van der Waals surface area contributed by atoms with Gasteiger partial charge in [-0.25, -0.2) is 8.42 Å². The van der Waals surface area contributed by atoms with Crippen molar-refractivity contribution in [1.82, 2.24) is 0 Å². The highest BCUT2D eigenvalue weighted by atomic mass is 32.2. The molecule has 1 fully saturated rings. The van der Waals surface area contributed by atoms with E-state index >= 15 is 0 Å². The standard InChI is InChI=1S/C8H14O4S/c1-2-5-13(11,12)7(8(9)10)6-3-4-6/h6-7H,2-5H2,1H3,(H,9,10). The maximum atomic E-state index is 11.5. The minimum absolute atomic E-state index is 0.0134. The number of carboxylic acids is 1. The molecule has 0 bridgehead atoms. The lowest BCUT2D eigenvalue weighted by Gasteiger charge is -2.11. The molecule has 1 unspecified atom stereocenters. The van der Waals surface area contributed by atoms with Crippen LogP contribution < -0.4 is 0 Å². The first kappa shape index (κ1) is 10.5. The first-order valence-electron chi connectivity index (χ1n) is 4.43. The van der Waals surface area contributed by atoms with Crippen LogP contribution in [0.5, 0.6) is 0 Å². The van der Waals surface area contributed by atoms with Gasteiger partial charge >= 0.3 is 5.97 Å². The van der Waals surface area contributed by atoms with E-state index in [1.54, 1.807) is 6.92 Å². The fourth-order valence-corrected chi connectivity index (χ4v) is 3.45. The predicted octanol–water partition coefficient (Wildman–Crippen LogP) is 0.674. The van der Waals surface area contributed by atoms with Crippen LogP contribution in [0, 0.1) is 5.92 Å². The van der Waals surface area contributed by atoms with Gasteiger partial charge in [0.1, 0.15) is 0 Å². The predicted molar refractivity (Wildman–Crippen MR) is 48.2 cm³/mol. The molecule has 1 atom stereocenters. The van der Waals surface area contributed by atoms with Gasteiger partial charge in [0.05, 0.1) is 5.75 Å². The van der Waals surface area contributed by atoms with Crippen LogP contribution in [-0.4, -0.2) is 30.5 Å². The molecule has 5 heteroatoms. The van der Waals surface area contributed by atoms with E-state index < -0.39 is 21.1 Å². The van der Waals surface area contributed by atoms with Gasteiger partial charge in [0.15, 0.2) is 15.1 Å². The summed E-state index contributed by atoms with van der Waals surface area (Å²) < 4.78 is 22.9. The van der Waals surface area contributed by atoms with Crippen molar-refractivity contribution in [3.63, 3.8) is 0 Å². The van der Waals surface area contributed by atoms with E-state index in [1.807, 2.05) is 0 Å². The van der Waals surface area contributed by atoms with Crippen LogP contribution in [0.15, 0.2) is 0 Å². The second-order valence-electron chi connectivity index (χ2n) is 3.46. The lowest BCUT2D eigenvalue weighted by Crippen LogP contribution is -2.33. The summed E-state index contributed by atoms with van der Waals surface area (Å²) in [4.78, 5) is 10.7. The summed E-state index contributed by atoms with van der Waals surface area (Å²) in [7, 11) is -3.41. The molecular formula is C8H14O4S. The Morgan fingerprint density at radius 1 is 1.54 bits per heavy atom. The second-order valence-corrected chi connectivity index (χ2v) is 5.71. The van der Waals surface area contributed by atoms with Crippen LogP contribution >= 0.6 is 0 Å². The van der Waals surface area contributed by atoms with Crippen molar-refractivity contribution in [2.75, 3.05) is 5.75 Å². The van der Waals surface area contributed by atoms with Gasteiger partial charge in [-0.05, 0) is 25.2 Å². The van der Waals surface area contributed by atoms with Crippen LogP contribution in [0.2, 0.25) is 0 Å². The minimum Gasteiger partial charge on any atom is -0.480 e. The smallest absolute Gasteiger partial charge is 0.322 e. The molecule has 13 heavy (non-hydrogen) atoms. The summed E-state index contributed by atoms with van der Waals surface area (Å²) >= 11 is 0. The van der Waals surface area contributed by atoms with Crippen LogP contribution in [0.25, 0.3) is 0 Å². The number of sulfone groups is 1. The number of carbonyl (C=O) groups is 1. The molecule has 0 heterocycles. The van der Waals surface area contributed by atoms with Gasteiger partial charge < -0.3 is 5.11 Å². The highest BCUT2D eigenvalue weighted by molar-refractivity contribution is 7.92. The number of aliphatic carboxylic acids is 1. The van der Waals surface area contributed by atoms with E-state index in [0.29, 0.717) is 6.42 Å². The Morgan fingerprint density at radius 2 is 2.08 bits per heavy atom. The maximum absolute atomic E-state index is 11.5. The lowest BCUT2D eigenvalue weighted by atomic mass is 10.3. The second kappa shape index (κ2) is 3.65. The van der Waals surface area contributed by atoms with Crippen LogP contribution in [0.1, 0.15) is 26.2 Å². The maximum Gasteiger partial charge on any atom is 0.322 e. The third-order valence-electron chi connectivity index (χ3n) is 2.17. The molecule has 1 N–H and O–H groups in total. The Morgan fingerprint density at radius 3 is 2.38 bits per heavy atom. The number of hydrogen-bond donors (Lipinski definition) is 1. The first-order valence-corrected chi connectivity index (χ1v) is 6.15. The largest absolute Gasteiger partial charge is 0.480 e. The molecular weight excluding hydrogens is 192 g/mol. The molecule has 0 aromatic heterocycles. The Kier molecular flexibility index (Phi) is 2.95. The number of carboxylic acid groups (broad SMARTS) is 1. The highest BCUT2D eigenvalue weighted by Gasteiger charge is 2.44. The minimum atomic E-state index is -3.41. The molecule has 0 aromatic carbocycles. The highest BCUT2D eigenvalue weighted by Crippen LogP contribution is 2.36. The normalized spacial score (nSPS) is 19.8. The molecule has 1 rings (SSSR count). The third kappa shape index (κ3) is 2.43. The molecule has 0 spiro atoms. The van der Waals surface area contributed by atoms with E-state index in [-0.39, 0.29) is 11.7 Å². The van der Waals surface area contributed by atoms with Gasteiger partial charge in [0.25, 0.3) is 0 Å². The summed E-state index contributed by atoms with van der Waals surface area (Å²) in [5.74, 6) is -1.33. The summed E-state index contributed by atoms with van der Waals surface area (Å²) in [5, 5.41) is 7.62. The van der Waals surface area contributed by atoms with E-state index in [9.17, 15) is 13.2 Å². The zero-order chi connectivity index (χ0) is 10.1. The van der Waals surface area contributed by atoms with Crippen molar-refractivity contribution in [3.05, 3.63) is 0 Å². The summed E-state index contributed by atoms with van der Waals surface area (Å²) in [6.07, 6.45) is 1.96. The third-order valence-corrected chi connectivity index (χ3v) is 4.51. The van der Waals surface area contributed by atoms with E-state index in [2.05, 4.69) is 0 Å². The zero-order valence-corrected chi connectivity index (χ0v) is 8.38. The Hall–Kier alpha value is -0.580. The van der Waals surface area contributed by atoms with Crippen molar-refractivity contribution in [1.29, 1.82) is 0 Å². The van der Waals surface area contributed by atoms with Crippen molar-refractivity contribution in [2.45, 2.75) is 31.4 Å². The molecule has 0 aliphatic heterocycles. The summed E-state index contributed by atoms with van der Waals surface area (Å²) in [5.41, 5.74) is 0. The topological polar surface area (TPSA) is 71.4 Å². The fourth-order valence-electron chi connectivity index (χ4n) is 1.46. The Balaban J connectivity index is 2.80. The lowest BCUT2D eigenvalue weighted by molar-refractivity contribution is -0.136. The van der Waals surface area contributed by atoms with E-state index in [0.717, 1.165) is 12.8 Å². The molecule has 4 nitrogen and oxygen atoms in total. The van der Waals surface area contributed by atoms with Crippen molar-refractivity contribution >= 4 is 15.8 Å². The average molecular weight is 206 g/mol. The zero-order valence-electron chi connectivity index (χ0n) is 7.56. The molecule has 0 amide bonds. The molecule has 1 aliphatic rings. The molecule has 0 radical (unpaired) electrons. The van der Waals surface area contributed by atoms with Crippen molar-refractivity contribution < 1.29 is 18.3 Å². The van der Waals surface area contributed by atoms with E-state index in [1.165, 1.54) is 0 Å². The van der Waals surface area contributed by atoms with Crippen molar-refractivity contribution in [2.24, 2.45) is 5.92 Å². The molecule has 0 aromatic rings. The van der Waals surface area contributed by atoms with Crippen LogP contribution in [-0.2, 0) is 14.6 Å². The summed E-state index contributed by atoms with van der Waals surface area (Å²) in [6.45, 7) is 1.74. The number of hydrogen-bond acceptors (Lipinski definition) is 3. The van der Waals surface area contributed by atoms with Gasteiger partial charge in [0.2, 0.25) is 0 Å². The molecule has 1 saturated carbocycles. The van der Waals surface area contributed by atoms with Gasteiger partial charge in [0, 0.05) is 0 Å². The quantitative estimate of drug-likeness (QED) is 0.717. The van der Waals surface area contributed by atoms with Crippen molar-refractivity contribution in [3.8, 4) is 0 Å². The first-order chi connectivity index (χ1) is 5.99. The molecule has 1 aliphatic carbocycles. The SMILES string of the molecule is CCCS(=O)(=O)C(C(=O)O)C1CC1. The average Bonchev–Trinajstić information content (AvgIpc) is 2.69. The number of rotatable bonds is 5. The molecule has 0 saturated heterocycles. The Labute approximate surface area is 77.9 Å². The van der Waals surface area contributed by atoms with Gasteiger partial charge in [-0.1, -0.05) is 6.92 Å². The van der Waals surface area contributed by atoms with Crippen LogP contribution in [0.4, 0.5) is 0 Å². The van der Waals surface area contributed by atoms with Gasteiger partial charge in [-0.3, -0.25) is 4.79 Å². The Bertz CT molecular complexity index is 289. The summed E-state index contributed by atoms with van der Waals surface area (Å²) in [6, 6.07) is 0. The monoisotopic (exact) mass is 206 g/mol. The van der Waals surface area contributed by atoms with Gasteiger partial charge in [-0.15, -0.1) is 0 Å². The van der Waals surface area contributed by atoms with Crippen LogP contribution in [0.3, 0.4) is 0 Å².